The van der Waals surface area contributed by atoms with Crippen molar-refractivity contribution < 1.29 is 4.74 Å². The zero-order chi connectivity index (χ0) is 14.8. The molecular formula is C16H16ClN3O. The average Bonchev–Trinajstić information content (AvgIpc) is 2.85. The lowest BCUT2D eigenvalue weighted by molar-refractivity contribution is 0.408. The van der Waals surface area contributed by atoms with Crippen LogP contribution in [-0.4, -0.2) is 21.6 Å². The van der Waals surface area contributed by atoms with Gasteiger partial charge < -0.3 is 9.30 Å². The lowest BCUT2D eigenvalue weighted by Crippen LogP contribution is -2.06. The topological polar surface area (TPSA) is 39.9 Å². The van der Waals surface area contributed by atoms with Crippen LogP contribution in [0.15, 0.2) is 36.4 Å². The number of alkyl halides is 1. The summed E-state index contributed by atoms with van der Waals surface area (Å²) in [7, 11) is 1.68. The molecule has 0 aliphatic carbocycles. The Morgan fingerprint density at radius 3 is 2.71 bits per heavy atom. The van der Waals surface area contributed by atoms with Crippen molar-refractivity contribution in [2.45, 2.75) is 19.3 Å². The lowest BCUT2D eigenvalue weighted by atomic mass is 10.2. The summed E-state index contributed by atoms with van der Waals surface area (Å²) in [4.78, 5) is 9.15. The van der Waals surface area contributed by atoms with Crippen LogP contribution < -0.4 is 4.74 Å². The van der Waals surface area contributed by atoms with Crippen molar-refractivity contribution in [1.29, 1.82) is 0 Å². The molecule has 0 atom stereocenters. The molecule has 0 unspecified atom stereocenters. The molecule has 108 valence electrons. The second-order valence-corrected chi connectivity index (χ2v) is 5.12. The van der Waals surface area contributed by atoms with Gasteiger partial charge in [-0.1, -0.05) is 18.2 Å². The normalized spacial score (nSPS) is 11.0. The fourth-order valence-electron chi connectivity index (χ4n) is 2.42. The molecule has 0 saturated carbocycles. The number of methoxy groups -OCH3 is 1. The van der Waals surface area contributed by atoms with Gasteiger partial charge in [0.2, 0.25) is 0 Å². The second-order valence-electron chi connectivity index (χ2n) is 4.86. The quantitative estimate of drug-likeness (QED) is 0.692. The predicted molar refractivity (Wildman–Crippen MR) is 83.9 cm³/mol. The molecule has 3 aromatic rings. The molecule has 21 heavy (non-hydrogen) atoms. The number of hydrogen-bond acceptors (Lipinski definition) is 3. The van der Waals surface area contributed by atoms with Crippen molar-refractivity contribution in [1.82, 2.24) is 14.5 Å². The van der Waals surface area contributed by atoms with E-state index in [-0.39, 0.29) is 0 Å². The highest BCUT2D eigenvalue weighted by Crippen LogP contribution is 2.23. The first kappa shape index (κ1) is 13.9. The Bertz CT molecular complexity index is 782. The minimum absolute atomic E-state index is 0.352. The number of aryl methyl sites for hydroxylation is 1. The Balaban J connectivity index is 2.12. The highest BCUT2D eigenvalue weighted by atomic mass is 35.5. The maximum absolute atomic E-state index is 6.04. The third-order valence-electron chi connectivity index (χ3n) is 3.45. The monoisotopic (exact) mass is 301 g/mol. The molecule has 0 N–H and O–H groups in total. The Kier molecular flexibility index (Phi) is 3.80. The first-order valence-corrected chi connectivity index (χ1v) is 7.27. The summed E-state index contributed by atoms with van der Waals surface area (Å²) in [5, 5.41) is 0. The summed E-state index contributed by atoms with van der Waals surface area (Å²) in [5.41, 5.74) is 3.77. The van der Waals surface area contributed by atoms with E-state index in [4.69, 9.17) is 16.3 Å². The third kappa shape index (κ3) is 2.59. The lowest BCUT2D eigenvalue weighted by Gasteiger charge is -2.11. The summed E-state index contributed by atoms with van der Waals surface area (Å²) in [5.74, 6) is 2.02. The summed E-state index contributed by atoms with van der Waals surface area (Å²) >= 11 is 6.04. The predicted octanol–water partition coefficient (Wildman–Crippen LogP) is 3.54. The molecule has 0 aliphatic heterocycles. The average molecular weight is 302 g/mol. The van der Waals surface area contributed by atoms with Crippen LogP contribution in [0.25, 0.3) is 11.2 Å². The zero-order valence-electron chi connectivity index (χ0n) is 12.0. The van der Waals surface area contributed by atoms with Crippen LogP contribution in [0.3, 0.4) is 0 Å². The van der Waals surface area contributed by atoms with Gasteiger partial charge in [0.25, 0.3) is 0 Å². The Morgan fingerprint density at radius 1 is 1.14 bits per heavy atom. The fraction of sp³-hybridized carbons (Fsp3) is 0.250. The van der Waals surface area contributed by atoms with Gasteiger partial charge in [0.1, 0.15) is 17.1 Å². The number of nitrogens with zero attached hydrogens (tertiary/aromatic N) is 3. The molecule has 4 nitrogen and oxygen atoms in total. The molecule has 0 amide bonds. The van der Waals surface area contributed by atoms with Crippen LogP contribution in [0.4, 0.5) is 0 Å². The molecule has 0 bridgehead atoms. The molecule has 3 rings (SSSR count). The summed E-state index contributed by atoms with van der Waals surface area (Å²) in [6.45, 7) is 2.61. The number of halogens is 1. The van der Waals surface area contributed by atoms with Crippen molar-refractivity contribution in [3.63, 3.8) is 0 Å². The van der Waals surface area contributed by atoms with Gasteiger partial charge in [-0.2, -0.15) is 0 Å². The van der Waals surface area contributed by atoms with Gasteiger partial charge in [0, 0.05) is 11.3 Å². The first-order chi connectivity index (χ1) is 10.2. The SMILES string of the molecule is COc1ccccc1Cn1c(CCl)nc2ccc(C)nc21. The van der Waals surface area contributed by atoms with Gasteiger partial charge in [-0.25, -0.2) is 9.97 Å². The van der Waals surface area contributed by atoms with Crippen molar-refractivity contribution in [2.75, 3.05) is 7.11 Å². The van der Waals surface area contributed by atoms with E-state index < -0.39 is 0 Å². The number of fused-ring (bicyclic) bond motifs is 1. The van der Waals surface area contributed by atoms with Gasteiger partial charge in [0.05, 0.1) is 19.5 Å². The molecule has 2 heterocycles. The van der Waals surface area contributed by atoms with E-state index >= 15 is 0 Å². The summed E-state index contributed by atoms with van der Waals surface area (Å²) in [6.07, 6.45) is 0. The molecule has 0 fully saturated rings. The molecule has 0 spiro atoms. The van der Waals surface area contributed by atoms with Crippen molar-refractivity contribution in [3.05, 3.63) is 53.5 Å². The number of aromatic nitrogens is 3. The molecular weight excluding hydrogens is 286 g/mol. The number of benzene rings is 1. The first-order valence-electron chi connectivity index (χ1n) is 6.73. The van der Waals surface area contributed by atoms with E-state index in [0.717, 1.165) is 34.0 Å². The summed E-state index contributed by atoms with van der Waals surface area (Å²) in [6, 6.07) is 11.9. The van der Waals surface area contributed by atoms with Crippen molar-refractivity contribution in [3.8, 4) is 5.75 Å². The van der Waals surface area contributed by atoms with Crippen LogP contribution in [0.5, 0.6) is 5.75 Å². The molecule has 1 aromatic carbocycles. The van der Waals surface area contributed by atoms with Gasteiger partial charge >= 0.3 is 0 Å². The third-order valence-corrected chi connectivity index (χ3v) is 3.69. The van der Waals surface area contributed by atoms with E-state index in [9.17, 15) is 0 Å². The van der Waals surface area contributed by atoms with Gasteiger partial charge in [-0.15, -0.1) is 11.6 Å². The molecule has 0 radical (unpaired) electrons. The van der Waals surface area contributed by atoms with E-state index in [1.165, 1.54) is 0 Å². The maximum Gasteiger partial charge on any atom is 0.160 e. The van der Waals surface area contributed by atoms with Gasteiger partial charge in [-0.05, 0) is 25.1 Å². The minimum atomic E-state index is 0.352. The van der Waals surface area contributed by atoms with E-state index in [1.54, 1.807) is 7.11 Å². The second kappa shape index (κ2) is 5.74. The van der Waals surface area contributed by atoms with Gasteiger partial charge in [0.15, 0.2) is 5.65 Å². The Labute approximate surface area is 128 Å². The van der Waals surface area contributed by atoms with E-state index in [0.29, 0.717) is 12.4 Å². The van der Waals surface area contributed by atoms with Crippen LogP contribution >= 0.6 is 11.6 Å². The van der Waals surface area contributed by atoms with Gasteiger partial charge in [-0.3, -0.25) is 0 Å². The van der Waals surface area contributed by atoms with Crippen LogP contribution in [-0.2, 0) is 12.4 Å². The molecule has 2 aromatic heterocycles. The highest BCUT2D eigenvalue weighted by Gasteiger charge is 2.13. The maximum atomic E-state index is 6.04. The zero-order valence-corrected chi connectivity index (χ0v) is 12.8. The minimum Gasteiger partial charge on any atom is -0.496 e. The number of pyridine rings is 1. The van der Waals surface area contributed by atoms with E-state index in [1.807, 2.05) is 47.9 Å². The highest BCUT2D eigenvalue weighted by molar-refractivity contribution is 6.16. The van der Waals surface area contributed by atoms with Crippen molar-refractivity contribution in [2.24, 2.45) is 0 Å². The number of ether oxygens (including phenoxy) is 1. The molecule has 5 heteroatoms. The number of hydrogen-bond donors (Lipinski definition) is 0. The fourth-order valence-corrected chi connectivity index (χ4v) is 2.62. The standard InChI is InChI=1S/C16H16ClN3O/c1-11-7-8-13-16(18-11)20(15(9-17)19-13)10-12-5-3-4-6-14(12)21-2/h3-8H,9-10H2,1-2H3. The molecule has 0 saturated heterocycles. The number of imidazole rings is 1. The van der Waals surface area contributed by atoms with Crippen LogP contribution in [0.2, 0.25) is 0 Å². The number of para-hydroxylation sites is 1. The van der Waals surface area contributed by atoms with Crippen molar-refractivity contribution >= 4 is 22.8 Å². The summed E-state index contributed by atoms with van der Waals surface area (Å²) < 4.78 is 7.47. The Hall–Kier alpha value is -2.07. The Morgan fingerprint density at radius 2 is 1.95 bits per heavy atom. The smallest absolute Gasteiger partial charge is 0.160 e. The van der Waals surface area contributed by atoms with E-state index in [2.05, 4.69) is 9.97 Å². The number of rotatable bonds is 4. The largest absolute Gasteiger partial charge is 0.496 e. The van der Waals surface area contributed by atoms with Crippen LogP contribution in [0, 0.1) is 6.92 Å². The molecule has 0 aliphatic rings. The van der Waals surface area contributed by atoms with Crippen LogP contribution in [0.1, 0.15) is 17.1 Å².